The molecule has 0 aliphatic heterocycles. The van der Waals surface area contributed by atoms with Crippen LogP contribution in [0.25, 0.3) is 0 Å². The van der Waals surface area contributed by atoms with Crippen molar-refractivity contribution in [3.63, 3.8) is 0 Å². The number of benzene rings is 2. The highest BCUT2D eigenvalue weighted by Crippen LogP contribution is 2.25. The van der Waals surface area contributed by atoms with Gasteiger partial charge in [0, 0.05) is 19.2 Å². The Kier molecular flexibility index (Phi) is 9.63. The maximum atomic E-state index is 13.4. The largest absolute Gasteiger partial charge is 0.392 e. The number of hydrogen-bond acceptors (Lipinski definition) is 2. The lowest BCUT2D eigenvalue weighted by atomic mass is 10.1. The highest BCUT2D eigenvalue weighted by molar-refractivity contribution is 14.0. The number of nitrogens with zero attached hydrogens (tertiary/aromatic N) is 1. The van der Waals surface area contributed by atoms with Crippen molar-refractivity contribution in [2.75, 3.05) is 7.05 Å². The average Bonchev–Trinajstić information content (AvgIpc) is 2.61. The molecule has 0 amide bonds. The van der Waals surface area contributed by atoms with Crippen molar-refractivity contribution >= 4 is 53.1 Å². The highest BCUT2D eigenvalue weighted by atomic mass is 127. The van der Waals surface area contributed by atoms with E-state index in [0.717, 1.165) is 11.1 Å². The van der Waals surface area contributed by atoms with Crippen LogP contribution in [0.3, 0.4) is 0 Å². The quantitative estimate of drug-likeness (QED) is 0.310. The Balaban J connectivity index is 0.00000338. The molecule has 0 aromatic heterocycles. The molecule has 0 bridgehead atoms. The van der Waals surface area contributed by atoms with Gasteiger partial charge in [-0.1, -0.05) is 35.3 Å². The molecular weight excluding hydrogens is 491 g/mol. The summed E-state index contributed by atoms with van der Waals surface area (Å²) in [7, 11) is 1.67. The van der Waals surface area contributed by atoms with Crippen LogP contribution in [0.1, 0.15) is 29.7 Å². The van der Waals surface area contributed by atoms with E-state index in [1.54, 1.807) is 25.2 Å². The zero-order chi connectivity index (χ0) is 18.4. The predicted molar refractivity (Wildman–Crippen MR) is 116 cm³/mol. The molecule has 1 unspecified atom stereocenters. The third-order valence-corrected chi connectivity index (χ3v) is 4.50. The van der Waals surface area contributed by atoms with Crippen molar-refractivity contribution in [3.05, 3.63) is 69.0 Å². The summed E-state index contributed by atoms with van der Waals surface area (Å²) < 4.78 is 13.4. The smallest absolute Gasteiger partial charge is 0.191 e. The Bertz CT molecular complexity index is 774. The van der Waals surface area contributed by atoms with Gasteiger partial charge in [0.05, 0.1) is 22.7 Å². The second-order valence-electron chi connectivity index (χ2n) is 5.55. The molecule has 0 aliphatic carbocycles. The van der Waals surface area contributed by atoms with Crippen LogP contribution in [0.2, 0.25) is 10.0 Å². The van der Waals surface area contributed by atoms with E-state index in [4.69, 9.17) is 28.3 Å². The number of aliphatic hydroxyl groups excluding tert-OH is 1. The average molecular weight is 512 g/mol. The molecule has 142 valence electrons. The summed E-state index contributed by atoms with van der Waals surface area (Å²) in [6.45, 7) is 2.09. The van der Waals surface area contributed by atoms with Crippen molar-refractivity contribution in [1.29, 1.82) is 0 Å². The minimum Gasteiger partial charge on any atom is -0.392 e. The van der Waals surface area contributed by atoms with E-state index in [1.807, 2.05) is 19.1 Å². The second-order valence-corrected chi connectivity index (χ2v) is 6.36. The maximum absolute atomic E-state index is 13.4. The molecule has 2 aromatic carbocycles. The summed E-state index contributed by atoms with van der Waals surface area (Å²) in [6, 6.07) is 10.0. The summed E-state index contributed by atoms with van der Waals surface area (Å²) in [5.41, 5.74) is 2.09. The van der Waals surface area contributed by atoms with Crippen LogP contribution in [-0.4, -0.2) is 18.1 Å². The number of guanidine groups is 1. The molecule has 1 atom stereocenters. The Morgan fingerprint density at radius 3 is 2.54 bits per heavy atom. The summed E-state index contributed by atoms with van der Waals surface area (Å²) in [5.74, 6) is 0.176. The lowest BCUT2D eigenvalue weighted by Gasteiger charge is -2.19. The van der Waals surface area contributed by atoms with E-state index in [9.17, 15) is 4.39 Å². The topological polar surface area (TPSA) is 56.7 Å². The standard InChI is InChI=1S/C18H20Cl2FN3O.HI/c1-11(13-4-5-15(19)16(20)8-13)24-18(22-2)23-9-12-3-6-17(21)14(7-12)10-25;/h3-8,11,25H,9-10H2,1-2H3,(H2,22,23,24);1H. The fourth-order valence-corrected chi connectivity index (χ4v) is 2.62. The summed E-state index contributed by atoms with van der Waals surface area (Å²) in [5, 5.41) is 16.6. The monoisotopic (exact) mass is 511 g/mol. The van der Waals surface area contributed by atoms with Crippen LogP contribution < -0.4 is 10.6 Å². The molecule has 0 radical (unpaired) electrons. The van der Waals surface area contributed by atoms with Gasteiger partial charge in [-0.25, -0.2) is 4.39 Å². The molecule has 8 heteroatoms. The molecule has 2 aromatic rings. The van der Waals surface area contributed by atoms with Crippen LogP contribution >= 0.6 is 47.2 Å². The Morgan fingerprint density at radius 2 is 1.92 bits per heavy atom. The summed E-state index contributed by atoms with van der Waals surface area (Å²) in [6.07, 6.45) is 0. The van der Waals surface area contributed by atoms with Gasteiger partial charge < -0.3 is 15.7 Å². The Hall–Kier alpha value is -1.09. The first-order valence-corrected chi connectivity index (χ1v) is 8.50. The maximum Gasteiger partial charge on any atom is 0.191 e. The van der Waals surface area contributed by atoms with Crippen molar-refractivity contribution in [2.45, 2.75) is 26.1 Å². The van der Waals surface area contributed by atoms with E-state index >= 15 is 0 Å². The number of rotatable bonds is 5. The Labute approximate surface area is 179 Å². The fourth-order valence-electron chi connectivity index (χ4n) is 2.31. The number of aliphatic hydroxyl groups is 1. The summed E-state index contributed by atoms with van der Waals surface area (Å²) >= 11 is 12.0. The lowest BCUT2D eigenvalue weighted by Crippen LogP contribution is -2.38. The van der Waals surface area contributed by atoms with Gasteiger partial charge >= 0.3 is 0 Å². The van der Waals surface area contributed by atoms with Gasteiger partial charge in [0.2, 0.25) is 0 Å². The van der Waals surface area contributed by atoms with Crippen LogP contribution in [0.5, 0.6) is 0 Å². The predicted octanol–water partition coefficient (Wildman–Crippen LogP) is 4.67. The molecule has 0 spiro atoms. The molecule has 2 rings (SSSR count). The van der Waals surface area contributed by atoms with Gasteiger partial charge in [-0.3, -0.25) is 4.99 Å². The molecule has 0 heterocycles. The summed E-state index contributed by atoms with van der Waals surface area (Å²) in [4.78, 5) is 4.18. The zero-order valence-electron chi connectivity index (χ0n) is 14.4. The van der Waals surface area contributed by atoms with Gasteiger partial charge in [0.25, 0.3) is 0 Å². The van der Waals surface area contributed by atoms with Crippen LogP contribution in [0, 0.1) is 5.82 Å². The van der Waals surface area contributed by atoms with E-state index in [-0.39, 0.29) is 42.2 Å². The minimum absolute atomic E-state index is 0. The van der Waals surface area contributed by atoms with E-state index in [2.05, 4.69) is 15.6 Å². The van der Waals surface area contributed by atoms with Gasteiger partial charge in [-0.2, -0.15) is 0 Å². The molecule has 4 nitrogen and oxygen atoms in total. The van der Waals surface area contributed by atoms with Gasteiger partial charge in [-0.05, 0) is 42.3 Å². The fraction of sp³-hybridized carbons (Fsp3) is 0.278. The van der Waals surface area contributed by atoms with E-state index in [1.165, 1.54) is 6.07 Å². The van der Waals surface area contributed by atoms with Crippen LogP contribution in [0.4, 0.5) is 4.39 Å². The van der Waals surface area contributed by atoms with Gasteiger partial charge in [-0.15, -0.1) is 24.0 Å². The number of halogens is 4. The molecular formula is C18H21Cl2FIN3O. The number of nitrogens with one attached hydrogen (secondary N) is 2. The van der Waals surface area contributed by atoms with Gasteiger partial charge in [0.15, 0.2) is 5.96 Å². The number of aliphatic imine (C=N–C) groups is 1. The number of hydrogen-bond donors (Lipinski definition) is 3. The first kappa shape index (κ1) is 23.0. The third kappa shape index (κ3) is 6.26. The third-order valence-electron chi connectivity index (χ3n) is 3.76. The van der Waals surface area contributed by atoms with Gasteiger partial charge in [0.1, 0.15) is 5.82 Å². The minimum atomic E-state index is -0.415. The molecule has 0 saturated carbocycles. The molecule has 0 aliphatic rings. The van der Waals surface area contributed by atoms with Crippen molar-refractivity contribution in [3.8, 4) is 0 Å². The normalized spacial score (nSPS) is 12.3. The van der Waals surface area contributed by atoms with Crippen molar-refractivity contribution in [1.82, 2.24) is 10.6 Å². The van der Waals surface area contributed by atoms with Crippen LogP contribution in [0.15, 0.2) is 41.4 Å². The molecule has 0 fully saturated rings. The first-order chi connectivity index (χ1) is 11.9. The van der Waals surface area contributed by atoms with Crippen molar-refractivity contribution in [2.24, 2.45) is 4.99 Å². The lowest BCUT2D eigenvalue weighted by molar-refractivity contribution is 0.275. The Morgan fingerprint density at radius 1 is 1.19 bits per heavy atom. The second kappa shape index (κ2) is 10.9. The van der Waals surface area contributed by atoms with E-state index < -0.39 is 5.82 Å². The van der Waals surface area contributed by atoms with E-state index in [0.29, 0.717) is 22.5 Å². The first-order valence-electron chi connectivity index (χ1n) is 7.75. The highest BCUT2D eigenvalue weighted by Gasteiger charge is 2.10. The molecule has 0 saturated heterocycles. The van der Waals surface area contributed by atoms with Crippen molar-refractivity contribution < 1.29 is 9.50 Å². The molecule has 26 heavy (non-hydrogen) atoms. The SMILES string of the molecule is CN=C(NCc1ccc(F)c(CO)c1)NC(C)c1ccc(Cl)c(Cl)c1.I. The molecule has 3 N–H and O–H groups in total. The zero-order valence-corrected chi connectivity index (χ0v) is 18.2. The van der Waals surface area contributed by atoms with Crippen LogP contribution in [-0.2, 0) is 13.2 Å².